The molecule has 2 aliphatic rings. The maximum atomic E-state index is 12.4. The predicted molar refractivity (Wildman–Crippen MR) is 125 cm³/mol. The first-order valence-electron chi connectivity index (χ1n) is 12.1. The van der Waals surface area contributed by atoms with E-state index in [1.54, 1.807) is 0 Å². The molecule has 2 heterocycles. The summed E-state index contributed by atoms with van der Waals surface area (Å²) in [6, 6.07) is 9.19. The lowest BCUT2D eigenvalue weighted by atomic mass is 9.97. The first-order valence-corrected chi connectivity index (χ1v) is 12.1. The normalized spacial score (nSPS) is 25.1. The molecule has 1 aromatic rings. The molecule has 35 heavy (non-hydrogen) atoms. The molecule has 2 saturated heterocycles. The number of aliphatic hydroxyl groups excluding tert-OH is 3. The molecule has 0 bridgehead atoms. The lowest BCUT2D eigenvalue weighted by Gasteiger charge is -2.38. The van der Waals surface area contributed by atoms with E-state index in [4.69, 9.17) is 19.9 Å². The fraction of sp³-hybridized carbons (Fsp3) is 0.667. The van der Waals surface area contributed by atoms with Crippen LogP contribution in [0.1, 0.15) is 37.5 Å². The number of nitrogens with zero attached hydrogens (tertiary/aromatic N) is 1. The van der Waals surface area contributed by atoms with Crippen LogP contribution in [0.2, 0.25) is 0 Å². The van der Waals surface area contributed by atoms with Gasteiger partial charge in [0.15, 0.2) is 6.29 Å². The fourth-order valence-electron chi connectivity index (χ4n) is 4.31. The summed E-state index contributed by atoms with van der Waals surface area (Å²) < 4.78 is 16.1. The fourth-order valence-corrected chi connectivity index (χ4v) is 4.31. The zero-order valence-corrected chi connectivity index (χ0v) is 19.8. The number of piperidine rings is 1. The molecule has 0 aliphatic carbocycles. The Balaban J connectivity index is 1.31. The molecule has 11 heteroatoms. The van der Waals surface area contributed by atoms with E-state index in [-0.39, 0.29) is 25.0 Å². The number of hydrogen-bond acceptors (Lipinski definition) is 9. The minimum Gasteiger partial charge on any atom is -0.449 e. The monoisotopic (exact) mass is 495 g/mol. The first kappa shape index (κ1) is 27.3. The number of nitrogens with one attached hydrogen (secondary N) is 1. The molecular weight excluding hydrogens is 458 g/mol. The van der Waals surface area contributed by atoms with E-state index in [9.17, 15) is 24.9 Å². The summed E-state index contributed by atoms with van der Waals surface area (Å²) in [6.07, 6.45) is -3.55. The summed E-state index contributed by atoms with van der Waals surface area (Å²) in [6.45, 7) is 2.10. The summed E-state index contributed by atoms with van der Waals surface area (Å²) in [7, 11) is 0. The Morgan fingerprint density at radius 2 is 1.91 bits per heavy atom. The van der Waals surface area contributed by atoms with Gasteiger partial charge in [-0.25, -0.2) is 4.79 Å². The summed E-state index contributed by atoms with van der Waals surface area (Å²) in [4.78, 5) is 24.9. The molecule has 2 aliphatic heterocycles. The summed E-state index contributed by atoms with van der Waals surface area (Å²) in [5.74, 6) is 0.287. The zero-order chi connectivity index (χ0) is 25.2. The van der Waals surface area contributed by atoms with Gasteiger partial charge in [-0.05, 0) is 31.7 Å². The van der Waals surface area contributed by atoms with E-state index < -0.39 is 36.8 Å². The Morgan fingerprint density at radius 3 is 2.60 bits per heavy atom. The Kier molecular flexibility index (Phi) is 10.7. The Labute approximate surface area is 205 Å². The molecule has 6 N–H and O–H groups in total. The highest BCUT2D eigenvalue weighted by Crippen LogP contribution is 2.28. The third-order valence-electron chi connectivity index (χ3n) is 6.41. The predicted octanol–water partition coefficient (Wildman–Crippen LogP) is -0.113. The van der Waals surface area contributed by atoms with Crippen LogP contribution in [0, 0.1) is 5.92 Å². The minimum absolute atomic E-state index is 0.0149. The molecule has 0 saturated carbocycles. The topological polar surface area (TPSA) is 164 Å². The average Bonchev–Trinajstić information content (AvgIpc) is 2.87. The molecule has 2 fully saturated rings. The van der Waals surface area contributed by atoms with E-state index in [0.29, 0.717) is 39.1 Å². The van der Waals surface area contributed by atoms with Crippen molar-refractivity contribution in [3.8, 4) is 0 Å². The van der Waals surface area contributed by atoms with Gasteiger partial charge in [0, 0.05) is 31.6 Å². The first-order chi connectivity index (χ1) is 16.8. The number of ether oxygens (including phenoxy) is 3. The molecule has 196 valence electrons. The number of likely N-dealkylation sites (tertiary alicyclic amines) is 1. The van der Waals surface area contributed by atoms with Crippen molar-refractivity contribution in [2.75, 3.05) is 39.4 Å². The maximum absolute atomic E-state index is 12.4. The van der Waals surface area contributed by atoms with Crippen molar-refractivity contribution in [2.24, 2.45) is 11.7 Å². The van der Waals surface area contributed by atoms with Crippen molar-refractivity contribution in [1.29, 1.82) is 0 Å². The van der Waals surface area contributed by atoms with Crippen molar-refractivity contribution < 1.29 is 39.1 Å². The number of aliphatic hydroxyl groups is 3. The molecule has 1 aromatic carbocycles. The van der Waals surface area contributed by atoms with Crippen LogP contribution in [0.5, 0.6) is 0 Å². The van der Waals surface area contributed by atoms with E-state index in [2.05, 4.69) is 5.32 Å². The van der Waals surface area contributed by atoms with Gasteiger partial charge in [-0.15, -0.1) is 0 Å². The second-order valence-electron chi connectivity index (χ2n) is 9.06. The van der Waals surface area contributed by atoms with E-state index in [1.165, 1.54) is 0 Å². The highest BCUT2D eigenvalue weighted by molar-refractivity contribution is 5.76. The van der Waals surface area contributed by atoms with Crippen molar-refractivity contribution in [3.05, 3.63) is 35.9 Å². The number of rotatable bonds is 11. The SMILES string of the molecule is NC(=O)OCC1CCN(C(=O)CCCNC[C@H](O)[C@@H](O)[C@@H]2O[C@H](c3ccccc3)OC[C@H]2O)CC1. The number of carbonyl (C=O) groups excluding carboxylic acids is 2. The van der Waals surface area contributed by atoms with Crippen molar-refractivity contribution in [3.63, 3.8) is 0 Å². The van der Waals surface area contributed by atoms with Crippen molar-refractivity contribution in [1.82, 2.24) is 10.2 Å². The quantitative estimate of drug-likeness (QED) is 0.263. The standard InChI is InChI=1S/C24H37N3O8/c25-24(32)34-14-16-8-11-27(12-9-16)20(30)7-4-10-26-13-18(28)21(31)22-19(29)15-33-23(35-22)17-5-2-1-3-6-17/h1-3,5-6,16,18-19,21-23,26,28-29,31H,4,7-15H2,(H2,25,32)/t18-,19+,21+,22+,23+/m0/s1. The van der Waals surface area contributed by atoms with Crippen LogP contribution in [0.15, 0.2) is 30.3 Å². The number of benzene rings is 1. The van der Waals surface area contributed by atoms with Gasteiger partial charge in [0.05, 0.1) is 19.3 Å². The highest BCUT2D eigenvalue weighted by Gasteiger charge is 2.39. The Bertz CT molecular complexity index is 790. The smallest absolute Gasteiger partial charge is 0.404 e. The van der Waals surface area contributed by atoms with E-state index in [1.807, 2.05) is 35.2 Å². The minimum atomic E-state index is -1.31. The number of primary amides is 1. The van der Waals surface area contributed by atoms with Gasteiger partial charge in [-0.2, -0.15) is 0 Å². The van der Waals surface area contributed by atoms with Gasteiger partial charge >= 0.3 is 6.09 Å². The third kappa shape index (κ3) is 8.41. The van der Waals surface area contributed by atoms with Crippen LogP contribution in [-0.4, -0.2) is 96.0 Å². The van der Waals surface area contributed by atoms with Crippen molar-refractivity contribution >= 4 is 12.0 Å². The van der Waals surface area contributed by atoms with Crippen LogP contribution >= 0.6 is 0 Å². The molecule has 0 spiro atoms. The lowest BCUT2D eigenvalue weighted by molar-refractivity contribution is -0.282. The molecular formula is C24H37N3O8. The van der Waals surface area contributed by atoms with Gasteiger partial charge in [0.2, 0.25) is 5.91 Å². The second-order valence-corrected chi connectivity index (χ2v) is 9.06. The van der Waals surface area contributed by atoms with E-state index >= 15 is 0 Å². The average molecular weight is 496 g/mol. The van der Waals surface area contributed by atoms with Crippen molar-refractivity contribution in [2.45, 2.75) is 56.4 Å². The number of hydrogen-bond donors (Lipinski definition) is 5. The van der Waals surface area contributed by atoms with Crippen LogP contribution in [0.4, 0.5) is 4.79 Å². The Hall–Kier alpha value is -2.28. The van der Waals surface area contributed by atoms with Gasteiger partial charge in [0.25, 0.3) is 0 Å². The van der Waals surface area contributed by atoms with Crippen LogP contribution in [0.25, 0.3) is 0 Å². The zero-order valence-electron chi connectivity index (χ0n) is 19.8. The third-order valence-corrected chi connectivity index (χ3v) is 6.41. The molecule has 0 radical (unpaired) electrons. The van der Waals surface area contributed by atoms with Gasteiger partial charge in [0.1, 0.15) is 18.3 Å². The summed E-state index contributed by atoms with van der Waals surface area (Å²) in [5, 5.41) is 34.2. The largest absolute Gasteiger partial charge is 0.449 e. The van der Waals surface area contributed by atoms with Gasteiger partial charge < -0.3 is 45.5 Å². The summed E-state index contributed by atoms with van der Waals surface area (Å²) >= 11 is 0. The van der Waals surface area contributed by atoms with Crippen LogP contribution < -0.4 is 11.1 Å². The molecule has 2 amide bonds. The van der Waals surface area contributed by atoms with Gasteiger partial charge in [-0.1, -0.05) is 30.3 Å². The second kappa shape index (κ2) is 13.7. The Morgan fingerprint density at radius 1 is 1.20 bits per heavy atom. The van der Waals surface area contributed by atoms with E-state index in [0.717, 1.165) is 18.4 Å². The molecule has 0 aromatic heterocycles. The number of amides is 2. The number of nitrogens with two attached hydrogens (primary N) is 1. The number of carbonyl (C=O) groups is 2. The molecule has 0 unspecified atom stereocenters. The van der Waals surface area contributed by atoms with Crippen LogP contribution in [-0.2, 0) is 19.0 Å². The molecule has 11 nitrogen and oxygen atoms in total. The highest BCUT2D eigenvalue weighted by atomic mass is 16.7. The van der Waals surface area contributed by atoms with Gasteiger partial charge in [-0.3, -0.25) is 4.79 Å². The summed E-state index contributed by atoms with van der Waals surface area (Å²) in [5.41, 5.74) is 5.75. The van der Waals surface area contributed by atoms with Crippen LogP contribution in [0.3, 0.4) is 0 Å². The molecule has 3 rings (SSSR count). The lowest BCUT2D eigenvalue weighted by Crippen LogP contribution is -2.53. The molecule has 5 atom stereocenters. The maximum Gasteiger partial charge on any atom is 0.404 e.